The molecule has 1 amide bonds. The zero-order chi connectivity index (χ0) is 15.8. The summed E-state index contributed by atoms with van der Waals surface area (Å²) in [4.78, 5) is 21.5. The standard InChI is InChI=1S/C17H15N3O2S/c21-9-12-8-14(12)19-17-20-16(22)15(23-17)7-10-3-4-13-11(6-10)2-1-5-18-13/h1-7,12,14,21H,8-9H2,(H,19,20,22)/b15-7-/t12-,14+/m0/s1. The summed E-state index contributed by atoms with van der Waals surface area (Å²) < 4.78 is 0. The van der Waals surface area contributed by atoms with Gasteiger partial charge in [-0.05, 0) is 48.0 Å². The third kappa shape index (κ3) is 3.00. The van der Waals surface area contributed by atoms with Crippen LogP contribution in [0.3, 0.4) is 0 Å². The van der Waals surface area contributed by atoms with Crippen LogP contribution in [0.15, 0.2) is 46.4 Å². The molecule has 1 saturated heterocycles. The Kier molecular flexibility index (Phi) is 3.63. The fourth-order valence-corrected chi connectivity index (χ4v) is 3.44. The molecule has 6 heteroatoms. The van der Waals surface area contributed by atoms with Crippen LogP contribution in [0.4, 0.5) is 0 Å². The second-order valence-corrected chi connectivity index (χ2v) is 6.73. The first-order valence-electron chi connectivity index (χ1n) is 7.47. The summed E-state index contributed by atoms with van der Waals surface area (Å²) in [5.74, 6) is 0.127. The number of rotatable bonds is 3. The van der Waals surface area contributed by atoms with Crippen molar-refractivity contribution in [3.8, 4) is 0 Å². The zero-order valence-corrected chi connectivity index (χ0v) is 13.1. The molecule has 2 N–H and O–H groups in total. The van der Waals surface area contributed by atoms with Crippen molar-refractivity contribution in [3.63, 3.8) is 0 Å². The normalized spacial score (nSPS) is 26.9. The Morgan fingerprint density at radius 1 is 1.43 bits per heavy atom. The molecule has 1 aromatic heterocycles. The number of fused-ring (bicyclic) bond motifs is 1. The van der Waals surface area contributed by atoms with E-state index in [4.69, 9.17) is 5.11 Å². The summed E-state index contributed by atoms with van der Waals surface area (Å²) >= 11 is 1.35. The van der Waals surface area contributed by atoms with Crippen LogP contribution < -0.4 is 5.32 Å². The minimum atomic E-state index is -0.124. The van der Waals surface area contributed by atoms with E-state index in [2.05, 4.69) is 15.3 Å². The van der Waals surface area contributed by atoms with E-state index >= 15 is 0 Å². The minimum absolute atomic E-state index is 0.124. The highest BCUT2D eigenvalue weighted by Gasteiger charge is 2.37. The van der Waals surface area contributed by atoms with Crippen LogP contribution in [-0.4, -0.2) is 33.8 Å². The number of amides is 1. The number of hydrogen-bond donors (Lipinski definition) is 2. The average molecular weight is 325 g/mol. The molecule has 2 atom stereocenters. The van der Waals surface area contributed by atoms with Crippen LogP contribution in [0.5, 0.6) is 0 Å². The number of pyridine rings is 1. The van der Waals surface area contributed by atoms with Gasteiger partial charge in [0, 0.05) is 24.1 Å². The van der Waals surface area contributed by atoms with E-state index in [1.807, 2.05) is 36.4 Å². The number of aromatic nitrogens is 1. The molecule has 116 valence electrons. The number of aliphatic hydroxyl groups excluding tert-OH is 1. The van der Waals surface area contributed by atoms with Gasteiger partial charge in [0.2, 0.25) is 0 Å². The summed E-state index contributed by atoms with van der Waals surface area (Å²) in [6.45, 7) is 0.161. The molecule has 1 saturated carbocycles. The molecule has 1 aliphatic heterocycles. The highest BCUT2D eigenvalue weighted by molar-refractivity contribution is 8.18. The Labute approximate surface area is 137 Å². The third-order valence-electron chi connectivity index (χ3n) is 3.98. The average Bonchev–Trinajstić information content (AvgIpc) is 3.23. The highest BCUT2D eigenvalue weighted by atomic mass is 32.2. The van der Waals surface area contributed by atoms with Crippen molar-refractivity contribution in [2.24, 2.45) is 10.9 Å². The number of aliphatic imine (C=N–C) groups is 1. The maximum absolute atomic E-state index is 12.1. The van der Waals surface area contributed by atoms with Crippen molar-refractivity contribution >= 4 is 39.8 Å². The van der Waals surface area contributed by atoms with Gasteiger partial charge < -0.3 is 10.4 Å². The molecule has 23 heavy (non-hydrogen) atoms. The molecule has 0 spiro atoms. The van der Waals surface area contributed by atoms with E-state index < -0.39 is 0 Å². The SMILES string of the molecule is O=C1NC(=N[C@@H]2C[C@H]2CO)S/C1=C\c1ccc2ncccc2c1. The predicted octanol–water partition coefficient (Wildman–Crippen LogP) is 2.18. The number of amidine groups is 1. The lowest BCUT2D eigenvalue weighted by Crippen LogP contribution is -2.20. The Bertz CT molecular complexity index is 847. The molecule has 2 heterocycles. The molecule has 2 fully saturated rings. The first-order valence-corrected chi connectivity index (χ1v) is 8.29. The lowest BCUT2D eigenvalue weighted by molar-refractivity contribution is -0.115. The Morgan fingerprint density at radius 2 is 2.35 bits per heavy atom. The summed E-state index contributed by atoms with van der Waals surface area (Å²) in [5.41, 5.74) is 1.90. The Morgan fingerprint density at radius 3 is 3.17 bits per heavy atom. The summed E-state index contributed by atoms with van der Waals surface area (Å²) in [5, 5.41) is 13.5. The number of carbonyl (C=O) groups is 1. The van der Waals surface area contributed by atoms with Crippen LogP contribution in [0.25, 0.3) is 17.0 Å². The lowest BCUT2D eigenvalue weighted by Gasteiger charge is -1.99. The molecule has 1 aliphatic carbocycles. The third-order valence-corrected chi connectivity index (χ3v) is 4.90. The first kappa shape index (κ1) is 14.4. The van der Waals surface area contributed by atoms with Gasteiger partial charge >= 0.3 is 0 Å². The maximum atomic E-state index is 12.1. The number of hydrogen-bond acceptors (Lipinski definition) is 5. The number of aliphatic hydroxyl groups is 1. The van der Waals surface area contributed by atoms with Crippen LogP contribution >= 0.6 is 11.8 Å². The molecular weight excluding hydrogens is 310 g/mol. The van der Waals surface area contributed by atoms with Crippen molar-refractivity contribution in [3.05, 3.63) is 47.0 Å². The van der Waals surface area contributed by atoms with E-state index in [-0.39, 0.29) is 24.5 Å². The van der Waals surface area contributed by atoms with Gasteiger partial charge in [-0.25, -0.2) is 0 Å². The van der Waals surface area contributed by atoms with Crippen LogP contribution in [0, 0.1) is 5.92 Å². The van der Waals surface area contributed by atoms with Gasteiger partial charge in [0.1, 0.15) is 0 Å². The van der Waals surface area contributed by atoms with Crippen LogP contribution in [0.2, 0.25) is 0 Å². The van der Waals surface area contributed by atoms with Gasteiger partial charge in [0.05, 0.1) is 16.5 Å². The highest BCUT2D eigenvalue weighted by Crippen LogP contribution is 2.35. The molecule has 0 bridgehead atoms. The molecule has 2 aliphatic rings. The molecule has 1 aromatic carbocycles. The largest absolute Gasteiger partial charge is 0.396 e. The number of nitrogens with zero attached hydrogens (tertiary/aromatic N) is 2. The molecule has 0 unspecified atom stereocenters. The van der Waals surface area contributed by atoms with Crippen LogP contribution in [0.1, 0.15) is 12.0 Å². The molecule has 4 rings (SSSR count). The van der Waals surface area contributed by atoms with E-state index in [1.165, 1.54) is 11.8 Å². The Balaban J connectivity index is 1.56. The monoisotopic (exact) mass is 325 g/mol. The van der Waals surface area contributed by atoms with Gasteiger partial charge in [-0.1, -0.05) is 12.1 Å². The van der Waals surface area contributed by atoms with Crippen molar-refractivity contribution < 1.29 is 9.90 Å². The lowest BCUT2D eigenvalue weighted by atomic mass is 10.1. The Hall–Kier alpha value is -2.18. The second kappa shape index (κ2) is 5.79. The zero-order valence-electron chi connectivity index (χ0n) is 12.3. The fourth-order valence-electron chi connectivity index (χ4n) is 2.56. The van der Waals surface area contributed by atoms with Crippen molar-refractivity contribution in [1.82, 2.24) is 10.3 Å². The topological polar surface area (TPSA) is 74.6 Å². The number of benzene rings is 1. The fraction of sp³-hybridized carbons (Fsp3) is 0.235. The van der Waals surface area contributed by atoms with Crippen molar-refractivity contribution in [1.29, 1.82) is 0 Å². The van der Waals surface area contributed by atoms with E-state index in [9.17, 15) is 4.79 Å². The van der Waals surface area contributed by atoms with E-state index in [0.717, 1.165) is 22.9 Å². The van der Waals surface area contributed by atoms with Gasteiger partial charge in [-0.3, -0.25) is 14.8 Å². The summed E-state index contributed by atoms with van der Waals surface area (Å²) in [6.07, 6.45) is 4.53. The van der Waals surface area contributed by atoms with Gasteiger partial charge in [0.25, 0.3) is 5.91 Å². The number of carbonyl (C=O) groups excluding carboxylic acids is 1. The maximum Gasteiger partial charge on any atom is 0.264 e. The van der Waals surface area contributed by atoms with Gasteiger partial charge in [-0.2, -0.15) is 0 Å². The summed E-state index contributed by atoms with van der Waals surface area (Å²) in [7, 11) is 0. The summed E-state index contributed by atoms with van der Waals surface area (Å²) in [6, 6.07) is 9.96. The van der Waals surface area contributed by atoms with Gasteiger partial charge in [0.15, 0.2) is 5.17 Å². The minimum Gasteiger partial charge on any atom is -0.396 e. The van der Waals surface area contributed by atoms with E-state index in [0.29, 0.717) is 10.1 Å². The first-order chi connectivity index (χ1) is 11.2. The van der Waals surface area contributed by atoms with E-state index in [1.54, 1.807) is 6.20 Å². The van der Waals surface area contributed by atoms with Gasteiger partial charge in [-0.15, -0.1) is 0 Å². The molecule has 2 aromatic rings. The molecule has 0 radical (unpaired) electrons. The predicted molar refractivity (Wildman–Crippen MR) is 91.9 cm³/mol. The van der Waals surface area contributed by atoms with Crippen molar-refractivity contribution in [2.45, 2.75) is 12.5 Å². The molecule has 5 nitrogen and oxygen atoms in total. The van der Waals surface area contributed by atoms with Crippen molar-refractivity contribution in [2.75, 3.05) is 6.61 Å². The second-order valence-electron chi connectivity index (χ2n) is 5.70. The quantitative estimate of drug-likeness (QED) is 0.848. The number of thioether (sulfide) groups is 1. The number of nitrogens with one attached hydrogen (secondary N) is 1. The van der Waals surface area contributed by atoms with Crippen LogP contribution in [-0.2, 0) is 4.79 Å². The smallest absolute Gasteiger partial charge is 0.264 e. The molecular formula is C17H15N3O2S.